The molecule has 2 fully saturated rings. The normalized spacial score (nSPS) is 17.8. The van der Waals surface area contributed by atoms with E-state index >= 15 is 0 Å². The minimum atomic E-state index is -4.45. The third-order valence-corrected chi connectivity index (χ3v) is 7.27. The van der Waals surface area contributed by atoms with Gasteiger partial charge in [0, 0.05) is 17.8 Å². The Balaban J connectivity index is 1.33. The first-order valence-electron chi connectivity index (χ1n) is 11.5. The van der Waals surface area contributed by atoms with Gasteiger partial charge in [-0.05, 0) is 62.9 Å². The topological polar surface area (TPSA) is 63.1 Å². The molecule has 0 radical (unpaired) electrons. The van der Waals surface area contributed by atoms with E-state index in [0.29, 0.717) is 22.1 Å². The minimum absolute atomic E-state index is 0.103. The molecular formula is C24H26F3N5OS. The molecule has 0 spiro atoms. The summed E-state index contributed by atoms with van der Waals surface area (Å²) in [5.41, 5.74) is 1.50. The maximum Gasteiger partial charge on any atom is 0.416 e. The van der Waals surface area contributed by atoms with E-state index in [0.717, 1.165) is 56.2 Å². The minimum Gasteiger partial charge on any atom is -0.298 e. The van der Waals surface area contributed by atoms with Crippen LogP contribution < -0.4 is 5.32 Å². The molecule has 10 heteroatoms. The molecule has 1 saturated carbocycles. The van der Waals surface area contributed by atoms with Crippen LogP contribution in [-0.2, 0) is 12.7 Å². The van der Waals surface area contributed by atoms with Crippen LogP contribution in [0.5, 0.6) is 0 Å². The smallest absolute Gasteiger partial charge is 0.298 e. The van der Waals surface area contributed by atoms with Crippen LogP contribution in [0.1, 0.15) is 65.8 Å². The monoisotopic (exact) mass is 489 g/mol. The molecule has 1 aliphatic carbocycles. The van der Waals surface area contributed by atoms with Gasteiger partial charge in [0.15, 0.2) is 5.13 Å². The lowest BCUT2D eigenvalue weighted by atomic mass is 9.99. The Hall–Kier alpha value is -2.72. The van der Waals surface area contributed by atoms with Gasteiger partial charge in [-0.3, -0.25) is 15.0 Å². The molecule has 2 aromatic heterocycles. The second kappa shape index (κ2) is 9.14. The number of alkyl halides is 3. The second-order valence-corrected chi connectivity index (χ2v) is 10.1. The molecule has 1 aromatic carbocycles. The average Bonchev–Trinajstić information content (AvgIpc) is 3.39. The van der Waals surface area contributed by atoms with Gasteiger partial charge in [0.2, 0.25) is 0 Å². The van der Waals surface area contributed by atoms with Crippen molar-refractivity contribution in [3.05, 3.63) is 58.4 Å². The molecule has 6 nitrogen and oxygen atoms in total. The number of nitrogens with zero attached hydrogens (tertiary/aromatic N) is 4. The first-order valence-corrected chi connectivity index (χ1v) is 12.4. The number of halogens is 3. The number of hydrogen-bond acceptors (Lipinski definition) is 5. The quantitative estimate of drug-likeness (QED) is 0.482. The molecule has 0 bridgehead atoms. The van der Waals surface area contributed by atoms with Gasteiger partial charge in [-0.2, -0.15) is 18.3 Å². The Bertz CT molecular complexity index is 1180. The Morgan fingerprint density at radius 1 is 1.21 bits per heavy atom. The third-order valence-electron chi connectivity index (χ3n) is 6.47. The van der Waals surface area contributed by atoms with Gasteiger partial charge in [0.1, 0.15) is 0 Å². The van der Waals surface area contributed by atoms with E-state index in [1.54, 1.807) is 6.07 Å². The number of benzene rings is 1. The number of anilines is 1. The molecule has 2 aliphatic rings. The summed E-state index contributed by atoms with van der Waals surface area (Å²) in [4.78, 5) is 20.0. The molecule has 34 heavy (non-hydrogen) atoms. The van der Waals surface area contributed by atoms with Gasteiger partial charge in [-0.25, -0.2) is 9.67 Å². The zero-order chi connectivity index (χ0) is 23.9. The Labute approximate surface area is 199 Å². The van der Waals surface area contributed by atoms with Crippen LogP contribution in [0.3, 0.4) is 0 Å². The summed E-state index contributed by atoms with van der Waals surface area (Å²) in [6, 6.07) is 5.03. The van der Waals surface area contributed by atoms with Crippen molar-refractivity contribution in [1.29, 1.82) is 0 Å². The number of piperidine rings is 1. The van der Waals surface area contributed by atoms with Crippen molar-refractivity contribution < 1.29 is 18.0 Å². The van der Waals surface area contributed by atoms with Crippen LogP contribution in [0.15, 0.2) is 35.8 Å². The highest BCUT2D eigenvalue weighted by Crippen LogP contribution is 2.43. The van der Waals surface area contributed by atoms with Crippen molar-refractivity contribution in [1.82, 2.24) is 19.7 Å². The number of amides is 1. The van der Waals surface area contributed by atoms with Crippen LogP contribution in [0, 0.1) is 5.92 Å². The molecule has 180 valence electrons. The van der Waals surface area contributed by atoms with Crippen LogP contribution in [0.25, 0.3) is 5.69 Å². The standard InChI is InChI=1S/C24H26F3N5OS/c1-15-7-9-31(10-8-15)13-18-14-34-23(29-18)30-22(33)20-12-28-32(21(20)16-5-6-16)19-4-2-3-17(11-19)24(25,26)27/h2-4,11-12,14-16H,5-10,13H2,1H3,(H,29,30,33). The van der Waals surface area contributed by atoms with E-state index in [9.17, 15) is 18.0 Å². The first-order chi connectivity index (χ1) is 16.3. The summed E-state index contributed by atoms with van der Waals surface area (Å²) in [6.45, 7) is 5.15. The number of aromatic nitrogens is 3. The summed E-state index contributed by atoms with van der Waals surface area (Å²) >= 11 is 1.38. The van der Waals surface area contributed by atoms with Crippen molar-refractivity contribution in [3.8, 4) is 5.69 Å². The summed E-state index contributed by atoms with van der Waals surface area (Å²) in [7, 11) is 0. The largest absolute Gasteiger partial charge is 0.416 e. The molecule has 5 rings (SSSR count). The number of rotatable bonds is 6. The highest BCUT2D eigenvalue weighted by molar-refractivity contribution is 7.14. The van der Waals surface area contributed by atoms with Gasteiger partial charge in [-0.1, -0.05) is 13.0 Å². The lowest BCUT2D eigenvalue weighted by molar-refractivity contribution is -0.137. The Morgan fingerprint density at radius 2 is 1.97 bits per heavy atom. The van der Waals surface area contributed by atoms with Gasteiger partial charge < -0.3 is 0 Å². The van der Waals surface area contributed by atoms with Crippen molar-refractivity contribution in [2.24, 2.45) is 5.92 Å². The van der Waals surface area contributed by atoms with Gasteiger partial charge in [0.05, 0.1) is 34.4 Å². The van der Waals surface area contributed by atoms with Crippen molar-refractivity contribution in [2.75, 3.05) is 18.4 Å². The fourth-order valence-electron chi connectivity index (χ4n) is 4.35. The number of thiazole rings is 1. The summed E-state index contributed by atoms with van der Waals surface area (Å²) in [6.07, 6.45) is 1.12. The van der Waals surface area contributed by atoms with E-state index in [2.05, 4.69) is 27.2 Å². The summed E-state index contributed by atoms with van der Waals surface area (Å²) < 4.78 is 41.1. The zero-order valence-corrected chi connectivity index (χ0v) is 19.6. The molecule has 1 aliphatic heterocycles. The number of hydrogen-bond donors (Lipinski definition) is 1. The summed E-state index contributed by atoms with van der Waals surface area (Å²) in [5, 5.41) is 9.62. The van der Waals surface area contributed by atoms with E-state index < -0.39 is 11.7 Å². The van der Waals surface area contributed by atoms with Gasteiger partial charge in [-0.15, -0.1) is 11.3 Å². The lowest BCUT2D eigenvalue weighted by Gasteiger charge is -2.29. The van der Waals surface area contributed by atoms with Crippen LogP contribution in [0.2, 0.25) is 0 Å². The zero-order valence-electron chi connectivity index (χ0n) is 18.8. The molecular weight excluding hydrogens is 463 g/mol. The molecule has 0 unspecified atom stereocenters. The molecule has 1 N–H and O–H groups in total. The van der Waals surface area contributed by atoms with Crippen LogP contribution in [0.4, 0.5) is 18.3 Å². The molecule has 0 atom stereocenters. The van der Waals surface area contributed by atoms with Crippen LogP contribution in [-0.4, -0.2) is 38.7 Å². The van der Waals surface area contributed by atoms with Crippen molar-refractivity contribution >= 4 is 22.4 Å². The van der Waals surface area contributed by atoms with Crippen LogP contribution >= 0.6 is 11.3 Å². The first kappa shape index (κ1) is 23.0. The summed E-state index contributed by atoms with van der Waals surface area (Å²) in [5.74, 6) is 0.526. The number of likely N-dealkylation sites (tertiary alicyclic amines) is 1. The lowest BCUT2D eigenvalue weighted by Crippen LogP contribution is -2.32. The second-order valence-electron chi connectivity index (χ2n) is 9.23. The number of nitrogens with one attached hydrogen (secondary N) is 1. The fraction of sp³-hybridized carbons (Fsp3) is 0.458. The number of carbonyl (C=O) groups is 1. The van der Waals surface area contributed by atoms with Crippen molar-refractivity contribution in [2.45, 2.75) is 51.2 Å². The van der Waals surface area contributed by atoms with Gasteiger partial charge >= 0.3 is 6.18 Å². The predicted molar refractivity (Wildman–Crippen MR) is 124 cm³/mol. The SMILES string of the molecule is CC1CCN(Cc2csc(NC(=O)c3cnn(-c4cccc(C(F)(F)F)c4)c3C3CC3)n2)CC1. The predicted octanol–water partition coefficient (Wildman–Crippen LogP) is 5.71. The van der Waals surface area contributed by atoms with Gasteiger partial charge in [0.25, 0.3) is 5.91 Å². The Morgan fingerprint density at radius 3 is 2.68 bits per heavy atom. The number of carbonyl (C=O) groups excluding carboxylic acids is 1. The molecule has 1 saturated heterocycles. The van der Waals surface area contributed by atoms with E-state index in [1.807, 2.05) is 5.38 Å². The fourth-order valence-corrected chi connectivity index (χ4v) is 5.05. The van der Waals surface area contributed by atoms with E-state index in [4.69, 9.17) is 0 Å². The van der Waals surface area contributed by atoms with E-state index in [1.165, 1.54) is 41.1 Å². The highest BCUT2D eigenvalue weighted by Gasteiger charge is 2.34. The third kappa shape index (κ3) is 5.02. The average molecular weight is 490 g/mol. The molecule has 3 aromatic rings. The Kier molecular flexibility index (Phi) is 6.20. The molecule has 3 heterocycles. The van der Waals surface area contributed by atoms with Crippen molar-refractivity contribution in [3.63, 3.8) is 0 Å². The maximum absolute atomic E-state index is 13.2. The highest BCUT2D eigenvalue weighted by atomic mass is 32.1. The maximum atomic E-state index is 13.2. The molecule has 1 amide bonds. The van der Waals surface area contributed by atoms with E-state index in [-0.39, 0.29) is 11.8 Å².